The second-order valence-corrected chi connectivity index (χ2v) is 3.65. The number of hydrogen-bond acceptors (Lipinski definition) is 3. The third-order valence-electron chi connectivity index (χ3n) is 1.87. The molecule has 0 aliphatic carbocycles. The molecule has 1 aliphatic heterocycles. The van der Waals surface area contributed by atoms with Crippen LogP contribution in [0, 0.1) is 0 Å². The van der Waals surface area contributed by atoms with Crippen molar-refractivity contribution in [3.05, 3.63) is 16.1 Å². The molecule has 2 heterocycles. The molecule has 1 aliphatic rings. The van der Waals surface area contributed by atoms with E-state index in [4.69, 9.17) is 0 Å². The fourth-order valence-corrected chi connectivity index (χ4v) is 2.14. The van der Waals surface area contributed by atoms with Crippen molar-refractivity contribution >= 4 is 30.2 Å². The molecule has 2 rings (SSSR count). The summed E-state index contributed by atoms with van der Waals surface area (Å²) < 4.78 is 0. The van der Waals surface area contributed by atoms with E-state index < -0.39 is 0 Å². The first-order valence-electron chi connectivity index (χ1n) is 3.46. The van der Waals surface area contributed by atoms with Gasteiger partial charge in [0, 0.05) is 43.2 Å². The van der Waals surface area contributed by atoms with Gasteiger partial charge in [0.25, 0.3) is 0 Å². The number of nitrogens with zero attached hydrogens (tertiary/aromatic N) is 2. The maximum atomic E-state index is 4.28. The molecule has 1 aromatic rings. The molecule has 0 bridgehead atoms. The number of hydrogen-bond donors (Lipinski definition) is 0. The molecule has 11 heavy (non-hydrogen) atoms. The second kappa shape index (κ2) is 3.73. The van der Waals surface area contributed by atoms with Gasteiger partial charge in [-0.15, -0.1) is 11.3 Å². The largest absolute Gasteiger partial charge is 0.301 e. The summed E-state index contributed by atoms with van der Waals surface area (Å²) in [6, 6.07) is 0. The van der Waals surface area contributed by atoms with Crippen LogP contribution < -0.4 is 0 Å². The molecule has 55 valence electrons. The third-order valence-corrected chi connectivity index (χ3v) is 2.73. The zero-order chi connectivity index (χ0) is 6.97. The normalized spacial score (nSPS) is 17.2. The van der Waals surface area contributed by atoms with Gasteiger partial charge in [-0.3, -0.25) is 0 Å². The minimum Gasteiger partial charge on any atom is -0.301 e. The van der Waals surface area contributed by atoms with E-state index in [9.17, 15) is 0 Å². The Morgan fingerprint density at radius 1 is 1.64 bits per heavy atom. The smallest absolute Gasteiger partial charge is 0.0798 e. The standard InChI is InChI=1S/C7H10N2S.Li/c1-9-3-2-6-7(4-9)10-5-8-6;/h5H,2-4H2,1H3;. The quantitative estimate of drug-likeness (QED) is 0.522. The Hall–Kier alpha value is 0.187. The maximum absolute atomic E-state index is 4.28. The van der Waals surface area contributed by atoms with Crippen LogP contribution in [0.3, 0.4) is 0 Å². The van der Waals surface area contributed by atoms with Gasteiger partial charge in [0.1, 0.15) is 0 Å². The zero-order valence-corrected chi connectivity index (χ0v) is 7.82. The zero-order valence-electron chi connectivity index (χ0n) is 7.00. The minimum atomic E-state index is 0. The Labute approximate surface area is 82.8 Å². The van der Waals surface area contributed by atoms with Gasteiger partial charge in [0.15, 0.2) is 0 Å². The van der Waals surface area contributed by atoms with Crippen LogP contribution in [0.25, 0.3) is 0 Å². The summed E-state index contributed by atoms with van der Waals surface area (Å²) in [6.07, 6.45) is 1.13. The Morgan fingerprint density at radius 2 is 2.45 bits per heavy atom. The Bertz CT molecular complexity index is 236. The summed E-state index contributed by atoms with van der Waals surface area (Å²) in [6.45, 7) is 2.26. The fraction of sp³-hybridized carbons (Fsp3) is 0.571. The number of thiazole rings is 1. The molecule has 0 unspecified atom stereocenters. The van der Waals surface area contributed by atoms with Crippen LogP contribution in [0.5, 0.6) is 0 Å². The molecule has 4 heteroatoms. The van der Waals surface area contributed by atoms with E-state index in [1.54, 1.807) is 11.3 Å². The molecular weight excluding hydrogens is 151 g/mol. The Kier molecular flexibility index (Phi) is 3.14. The second-order valence-electron chi connectivity index (χ2n) is 2.71. The van der Waals surface area contributed by atoms with Crippen LogP contribution in [0.2, 0.25) is 0 Å². The van der Waals surface area contributed by atoms with Crippen molar-refractivity contribution in [2.24, 2.45) is 0 Å². The molecule has 1 radical (unpaired) electrons. The number of fused-ring (bicyclic) bond motifs is 1. The summed E-state index contributed by atoms with van der Waals surface area (Å²) >= 11 is 1.78. The first kappa shape index (κ1) is 9.28. The van der Waals surface area contributed by atoms with Crippen molar-refractivity contribution in [3.63, 3.8) is 0 Å². The number of rotatable bonds is 0. The van der Waals surface area contributed by atoms with Gasteiger partial charge < -0.3 is 4.90 Å². The van der Waals surface area contributed by atoms with Crippen molar-refractivity contribution in [2.75, 3.05) is 13.6 Å². The van der Waals surface area contributed by atoms with E-state index >= 15 is 0 Å². The van der Waals surface area contributed by atoms with Crippen LogP contribution in [-0.4, -0.2) is 42.3 Å². The monoisotopic (exact) mass is 161 g/mol. The van der Waals surface area contributed by atoms with E-state index in [2.05, 4.69) is 16.9 Å². The third kappa shape index (κ3) is 1.85. The van der Waals surface area contributed by atoms with E-state index in [0.29, 0.717) is 0 Å². The van der Waals surface area contributed by atoms with Crippen LogP contribution in [0.15, 0.2) is 5.51 Å². The van der Waals surface area contributed by atoms with Crippen molar-refractivity contribution in [1.29, 1.82) is 0 Å². The summed E-state index contributed by atoms with van der Waals surface area (Å²) in [5, 5.41) is 0. The van der Waals surface area contributed by atoms with Gasteiger partial charge in [-0.25, -0.2) is 4.98 Å². The average Bonchev–Trinajstić information content (AvgIpc) is 2.33. The van der Waals surface area contributed by atoms with E-state index in [1.165, 1.54) is 10.6 Å². The molecule has 0 N–H and O–H groups in total. The Balaban J connectivity index is 0.000000605. The Morgan fingerprint density at radius 3 is 3.27 bits per heavy atom. The number of likely N-dealkylation sites (N-methyl/N-ethyl adjacent to an activating group) is 1. The maximum Gasteiger partial charge on any atom is 0.0798 e. The van der Waals surface area contributed by atoms with Crippen LogP contribution in [0.1, 0.15) is 10.6 Å². The summed E-state index contributed by atoms with van der Waals surface area (Å²) in [4.78, 5) is 8.07. The van der Waals surface area contributed by atoms with Crippen molar-refractivity contribution in [3.8, 4) is 0 Å². The molecule has 0 saturated heterocycles. The topological polar surface area (TPSA) is 16.1 Å². The summed E-state index contributed by atoms with van der Waals surface area (Å²) in [7, 11) is 2.16. The van der Waals surface area contributed by atoms with Crippen LogP contribution in [0.4, 0.5) is 0 Å². The predicted molar refractivity (Wildman–Crippen MR) is 47.9 cm³/mol. The molecule has 0 spiro atoms. The predicted octanol–water partition coefficient (Wildman–Crippen LogP) is 0.750. The minimum absolute atomic E-state index is 0. The first-order chi connectivity index (χ1) is 4.86. The summed E-state index contributed by atoms with van der Waals surface area (Å²) in [5.74, 6) is 0. The fourth-order valence-electron chi connectivity index (χ4n) is 1.25. The van der Waals surface area contributed by atoms with Crippen molar-refractivity contribution in [2.45, 2.75) is 13.0 Å². The summed E-state index contributed by atoms with van der Waals surface area (Å²) in [5.41, 5.74) is 3.27. The van der Waals surface area contributed by atoms with E-state index in [0.717, 1.165) is 19.5 Å². The van der Waals surface area contributed by atoms with E-state index in [1.807, 2.05) is 5.51 Å². The molecule has 2 nitrogen and oxygen atoms in total. The van der Waals surface area contributed by atoms with Gasteiger partial charge >= 0.3 is 0 Å². The van der Waals surface area contributed by atoms with E-state index in [-0.39, 0.29) is 18.9 Å². The van der Waals surface area contributed by atoms with Crippen molar-refractivity contribution in [1.82, 2.24) is 9.88 Å². The molecule has 0 amide bonds. The van der Waals surface area contributed by atoms with Gasteiger partial charge in [-0.2, -0.15) is 0 Å². The van der Waals surface area contributed by atoms with Gasteiger partial charge in [-0.1, -0.05) is 0 Å². The van der Waals surface area contributed by atoms with Crippen molar-refractivity contribution < 1.29 is 0 Å². The first-order valence-corrected chi connectivity index (χ1v) is 4.34. The molecule has 0 atom stereocenters. The average molecular weight is 161 g/mol. The van der Waals surface area contributed by atoms with Gasteiger partial charge in [0.05, 0.1) is 11.2 Å². The van der Waals surface area contributed by atoms with Crippen LogP contribution >= 0.6 is 11.3 Å². The van der Waals surface area contributed by atoms with Gasteiger partial charge in [-0.05, 0) is 7.05 Å². The molecular formula is C7H10LiN2S. The van der Waals surface area contributed by atoms with Gasteiger partial charge in [0.2, 0.25) is 0 Å². The molecule has 0 fully saturated rings. The molecule has 0 aromatic carbocycles. The SMILES string of the molecule is CN1CCc2ncsc2C1.[Li]. The number of aromatic nitrogens is 1. The molecule has 0 saturated carbocycles. The van der Waals surface area contributed by atoms with Crippen LogP contribution in [-0.2, 0) is 13.0 Å². The molecule has 1 aromatic heterocycles.